The zero-order valence-corrected chi connectivity index (χ0v) is 21.3. The first-order valence-corrected chi connectivity index (χ1v) is 13.1. The average molecular weight is 516 g/mol. The highest BCUT2D eigenvalue weighted by Crippen LogP contribution is 2.38. The van der Waals surface area contributed by atoms with Crippen LogP contribution in [0.25, 0.3) is 78.4 Å². The number of aromatic nitrogens is 3. The number of para-hydroxylation sites is 1. The van der Waals surface area contributed by atoms with Crippen LogP contribution in [-0.2, 0) is 0 Å². The molecule has 0 fully saturated rings. The quantitative estimate of drug-likeness (QED) is 0.234. The number of oxazole rings is 1. The minimum absolute atomic E-state index is 0.589. The molecule has 3 heterocycles. The fraction of sp³-hybridized carbons (Fsp3) is 0. The molecule has 0 amide bonds. The van der Waals surface area contributed by atoms with Crippen LogP contribution in [0.4, 0.5) is 0 Å². The summed E-state index contributed by atoms with van der Waals surface area (Å²) in [5.41, 5.74) is 8.63. The van der Waals surface area contributed by atoms with Gasteiger partial charge in [-0.2, -0.15) is 0 Å². The molecule has 5 heteroatoms. The van der Waals surface area contributed by atoms with E-state index in [1.165, 1.54) is 0 Å². The number of nitrogens with zero attached hydrogens (tertiary/aromatic N) is 3. The lowest BCUT2D eigenvalue weighted by Gasteiger charge is -2.10. The highest BCUT2D eigenvalue weighted by molar-refractivity contribution is 6.12. The second-order valence-electron chi connectivity index (χ2n) is 9.67. The van der Waals surface area contributed by atoms with Crippen LogP contribution in [-0.4, -0.2) is 15.0 Å². The minimum Gasteiger partial charge on any atom is -0.456 e. The van der Waals surface area contributed by atoms with E-state index in [0.717, 1.165) is 61.1 Å². The van der Waals surface area contributed by atoms with Gasteiger partial charge in [-0.15, -0.1) is 0 Å². The molecular weight excluding hydrogens is 494 g/mol. The van der Waals surface area contributed by atoms with Gasteiger partial charge in [-0.1, -0.05) is 78.9 Å². The number of hydrogen-bond donors (Lipinski definition) is 0. The molecule has 0 saturated heterocycles. The third-order valence-electron chi connectivity index (χ3n) is 7.14. The van der Waals surface area contributed by atoms with Gasteiger partial charge >= 0.3 is 0 Å². The molecule has 0 bridgehead atoms. The van der Waals surface area contributed by atoms with Crippen LogP contribution >= 0.6 is 0 Å². The minimum atomic E-state index is 0.589. The Labute approximate surface area is 229 Å². The molecule has 0 saturated carbocycles. The van der Waals surface area contributed by atoms with Crippen molar-refractivity contribution in [3.8, 4) is 45.4 Å². The molecule has 0 aliphatic heterocycles. The summed E-state index contributed by atoms with van der Waals surface area (Å²) >= 11 is 0. The second-order valence-corrected chi connectivity index (χ2v) is 9.67. The van der Waals surface area contributed by atoms with Crippen LogP contribution in [0.15, 0.2) is 136 Å². The fourth-order valence-corrected chi connectivity index (χ4v) is 5.23. The molecule has 5 nitrogen and oxygen atoms in total. The lowest BCUT2D eigenvalue weighted by molar-refractivity contribution is 0.620. The summed E-state index contributed by atoms with van der Waals surface area (Å²) in [7, 11) is 0. The SMILES string of the molecule is c1ccc(-c2cc(-c3cccc4oc5ccccc5c34)nc(-c3ccc4nc(-c5ccccc5)oc4c3)n2)cc1. The first kappa shape index (κ1) is 22.4. The van der Waals surface area contributed by atoms with Crippen molar-refractivity contribution in [1.82, 2.24) is 15.0 Å². The number of benzene rings is 5. The molecule has 0 aliphatic carbocycles. The van der Waals surface area contributed by atoms with Gasteiger partial charge in [0.15, 0.2) is 11.4 Å². The predicted octanol–water partition coefficient (Wildman–Crippen LogP) is 9.19. The fourth-order valence-electron chi connectivity index (χ4n) is 5.23. The smallest absolute Gasteiger partial charge is 0.227 e. The Kier molecular flexibility index (Phi) is 5.07. The summed E-state index contributed by atoms with van der Waals surface area (Å²) in [6, 6.07) is 42.3. The Morgan fingerprint density at radius 3 is 2.02 bits per heavy atom. The van der Waals surface area contributed by atoms with E-state index < -0.39 is 0 Å². The molecule has 8 rings (SSSR count). The van der Waals surface area contributed by atoms with Crippen LogP contribution in [0.5, 0.6) is 0 Å². The van der Waals surface area contributed by atoms with Crippen molar-refractivity contribution in [2.75, 3.05) is 0 Å². The van der Waals surface area contributed by atoms with E-state index in [4.69, 9.17) is 18.8 Å². The summed E-state index contributed by atoms with van der Waals surface area (Å²) in [5.74, 6) is 1.20. The maximum atomic E-state index is 6.17. The molecule has 188 valence electrons. The van der Waals surface area contributed by atoms with Crippen molar-refractivity contribution < 1.29 is 8.83 Å². The van der Waals surface area contributed by atoms with Crippen LogP contribution < -0.4 is 0 Å². The van der Waals surface area contributed by atoms with Gasteiger partial charge in [0.1, 0.15) is 16.7 Å². The monoisotopic (exact) mass is 515 g/mol. The van der Waals surface area contributed by atoms with E-state index in [9.17, 15) is 0 Å². The van der Waals surface area contributed by atoms with Crippen LogP contribution in [0.1, 0.15) is 0 Å². The molecule has 0 aliphatic rings. The first-order chi connectivity index (χ1) is 19.8. The van der Waals surface area contributed by atoms with Crippen molar-refractivity contribution in [2.24, 2.45) is 0 Å². The molecule has 5 aromatic carbocycles. The molecule has 0 radical (unpaired) electrons. The Hall–Kier alpha value is -5.55. The first-order valence-electron chi connectivity index (χ1n) is 13.1. The summed E-state index contributed by atoms with van der Waals surface area (Å²) in [6.45, 7) is 0. The van der Waals surface area contributed by atoms with Gasteiger partial charge in [0.2, 0.25) is 5.89 Å². The van der Waals surface area contributed by atoms with E-state index >= 15 is 0 Å². The summed E-state index contributed by atoms with van der Waals surface area (Å²) in [5, 5.41) is 2.10. The third kappa shape index (κ3) is 3.76. The molecule has 0 N–H and O–H groups in total. The Morgan fingerprint density at radius 2 is 1.18 bits per heavy atom. The highest BCUT2D eigenvalue weighted by atomic mass is 16.3. The number of rotatable bonds is 4. The van der Waals surface area contributed by atoms with Gasteiger partial charge in [0, 0.05) is 33.0 Å². The highest BCUT2D eigenvalue weighted by Gasteiger charge is 2.17. The maximum Gasteiger partial charge on any atom is 0.227 e. The van der Waals surface area contributed by atoms with Gasteiger partial charge in [-0.05, 0) is 48.5 Å². The second kappa shape index (κ2) is 9.03. The standard InChI is InChI=1S/C35H21N3O2/c1-3-10-22(11-4-1)28-21-29(25-15-9-17-31-33(25)26-14-7-8-16-30(26)39-31)37-34(36-28)24-18-19-27-32(20-24)40-35(38-27)23-12-5-2-6-13-23/h1-21H. The molecule has 3 aromatic heterocycles. The summed E-state index contributed by atoms with van der Waals surface area (Å²) in [6.07, 6.45) is 0. The topological polar surface area (TPSA) is 65.0 Å². The number of furan rings is 1. The number of fused-ring (bicyclic) bond motifs is 4. The van der Waals surface area contributed by atoms with Gasteiger partial charge < -0.3 is 8.83 Å². The van der Waals surface area contributed by atoms with Crippen molar-refractivity contribution in [1.29, 1.82) is 0 Å². The Bertz CT molecular complexity index is 2160. The van der Waals surface area contributed by atoms with Gasteiger partial charge in [-0.25, -0.2) is 15.0 Å². The van der Waals surface area contributed by atoms with Crippen molar-refractivity contribution in [3.63, 3.8) is 0 Å². The van der Waals surface area contributed by atoms with E-state index in [-0.39, 0.29) is 0 Å². The van der Waals surface area contributed by atoms with Gasteiger partial charge in [0.25, 0.3) is 0 Å². The Morgan fingerprint density at radius 1 is 0.450 bits per heavy atom. The van der Waals surface area contributed by atoms with Crippen molar-refractivity contribution in [3.05, 3.63) is 127 Å². The maximum absolute atomic E-state index is 6.17. The number of hydrogen-bond acceptors (Lipinski definition) is 5. The normalized spacial score (nSPS) is 11.5. The molecule has 40 heavy (non-hydrogen) atoms. The molecule has 0 spiro atoms. The van der Waals surface area contributed by atoms with Gasteiger partial charge in [-0.3, -0.25) is 0 Å². The molecule has 0 atom stereocenters. The van der Waals surface area contributed by atoms with Crippen LogP contribution in [0, 0.1) is 0 Å². The van der Waals surface area contributed by atoms with E-state index in [1.807, 2.05) is 97.1 Å². The van der Waals surface area contributed by atoms with E-state index in [2.05, 4.69) is 35.3 Å². The zero-order valence-electron chi connectivity index (χ0n) is 21.3. The molecular formula is C35H21N3O2. The van der Waals surface area contributed by atoms with Crippen LogP contribution in [0.3, 0.4) is 0 Å². The van der Waals surface area contributed by atoms with Gasteiger partial charge in [0.05, 0.1) is 11.4 Å². The Balaban J connectivity index is 1.33. The third-order valence-corrected chi connectivity index (χ3v) is 7.14. The largest absolute Gasteiger partial charge is 0.456 e. The van der Waals surface area contributed by atoms with E-state index in [1.54, 1.807) is 0 Å². The molecule has 8 aromatic rings. The van der Waals surface area contributed by atoms with Crippen LogP contribution in [0.2, 0.25) is 0 Å². The van der Waals surface area contributed by atoms with Crippen molar-refractivity contribution >= 4 is 33.0 Å². The van der Waals surface area contributed by atoms with Crippen molar-refractivity contribution in [2.45, 2.75) is 0 Å². The molecule has 0 unspecified atom stereocenters. The summed E-state index contributed by atoms with van der Waals surface area (Å²) in [4.78, 5) is 14.8. The summed E-state index contributed by atoms with van der Waals surface area (Å²) < 4.78 is 12.3. The van der Waals surface area contributed by atoms with E-state index in [0.29, 0.717) is 17.3 Å². The zero-order chi connectivity index (χ0) is 26.5. The predicted molar refractivity (Wildman–Crippen MR) is 159 cm³/mol. The lowest BCUT2D eigenvalue weighted by Crippen LogP contribution is -1.96. The lowest BCUT2D eigenvalue weighted by atomic mass is 10.0. The average Bonchev–Trinajstić information content (AvgIpc) is 3.63.